The van der Waals surface area contributed by atoms with Gasteiger partial charge in [-0.3, -0.25) is 9.59 Å². The normalized spacial score (nSPS) is 17.1. The van der Waals surface area contributed by atoms with Gasteiger partial charge in [0, 0.05) is 12.1 Å². The Morgan fingerprint density at radius 1 is 0.971 bits per heavy atom. The molecule has 180 valence electrons. The number of nitrogens with zero attached hydrogens (tertiary/aromatic N) is 1. The lowest BCUT2D eigenvalue weighted by Crippen LogP contribution is -2.31. The molecule has 3 aromatic carbocycles. The quantitative estimate of drug-likeness (QED) is 0.259. The minimum absolute atomic E-state index is 0.124. The second-order valence-corrected chi connectivity index (χ2v) is 8.96. The number of benzene rings is 3. The molecule has 0 bridgehead atoms. The average Bonchev–Trinajstić information content (AvgIpc) is 3.13. The van der Waals surface area contributed by atoms with Gasteiger partial charge >= 0.3 is 0 Å². The third-order valence-electron chi connectivity index (χ3n) is 6.34. The standard InChI is InChI=1S/C30H31NO4/c1-4-18-35-24-14-12-23(13-15-24)27-26(28(32)25-19-20(2)10-11-21(25)3)29(33)30(34)31(27)17-16-22-8-6-5-7-9-22/h5-15,19,27,32H,4,16-18H2,1-3H3. The summed E-state index contributed by atoms with van der Waals surface area (Å²) in [7, 11) is 0. The van der Waals surface area contributed by atoms with Crippen LogP contribution in [0.5, 0.6) is 5.75 Å². The van der Waals surface area contributed by atoms with E-state index in [0.717, 1.165) is 34.4 Å². The van der Waals surface area contributed by atoms with Crippen molar-refractivity contribution < 1.29 is 19.4 Å². The van der Waals surface area contributed by atoms with Gasteiger partial charge in [0.05, 0.1) is 18.2 Å². The second kappa shape index (κ2) is 10.6. The largest absolute Gasteiger partial charge is 0.507 e. The maximum absolute atomic E-state index is 13.3. The van der Waals surface area contributed by atoms with E-state index in [9.17, 15) is 14.7 Å². The zero-order chi connectivity index (χ0) is 24.9. The maximum Gasteiger partial charge on any atom is 0.295 e. The first-order valence-electron chi connectivity index (χ1n) is 12.0. The number of hydrogen-bond donors (Lipinski definition) is 1. The van der Waals surface area contributed by atoms with Crippen LogP contribution in [0.3, 0.4) is 0 Å². The zero-order valence-corrected chi connectivity index (χ0v) is 20.5. The average molecular weight is 470 g/mol. The van der Waals surface area contributed by atoms with Gasteiger partial charge in [0.1, 0.15) is 11.5 Å². The van der Waals surface area contributed by atoms with Crippen molar-refractivity contribution in [3.8, 4) is 5.75 Å². The summed E-state index contributed by atoms with van der Waals surface area (Å²) < 4.78 is 5.71. The molecule has 0 saturated carbocycles. The second-order valence-electron chi connectivity index (χ2n) is 8.96. The molecule has 1 aliphatic rings. The highest BCUT2D eigenvalue weighted by Crippen LogP contribution is 2.40. The van der Waals surface area contributed by atoms with E-state index < -0.39 is 17.7 Å². The Morgan fingerprint density at radius 2 is 1.69 bits per heavy atom. The summed E-state index contributed by atoms with van der Waals surface area (Å²) in [5, 5.41) is 11.4. The van der Waals surface area contributed by atoms with E-state index in [-0.39, 0.29) is 11.3 Å². The number of ketones is 1. The number of hydrogen-bond acceptors (Lipinski definition) is 4. The first kappa shape index (κ1) is 24.3. The van der Waals surface area contributed by atoms with Crippen molar-refractivity contribution in [2.75, 3.05) is 13.2 Å². The summed E-state index contributed by atoms with van der Waals surface area (Å²) in [6, 6.07) is 22.3. The molecular weight excluding hydrogens is 438 g/mol. The monoisotopic (exact) mass is 469 g/mol. The van der Waals surface area contributed by atoms with Gasteiger partial charge in [-0.2, -0.15) is 0 Å². The third-order valence-corrected chi connectivity index (χ3v) is 6.34. The lowest BCUT2D eigenvalue weighted by Gasteiger charge is -2.26. The number of Topliss-reactive ketones (excluding diaryl/α,β-unsaturated/α-hetero) is 1. The summed E-state index contributed by atoms with van der Waals surface area (Å²) in [6.45, 7) is 6.83. The van der Waals surface area contributed by atoms with Gasteiger partial charge in [-0.1, -0.05) is 67.1 Å². The van der Waals surface area contributed by atoms with Gasteiger partial charge in [0.15, 0.2) is 0 Å². The van der Waals surface area contributed by atoms with E-state index in [4.69, 9.17) is 4.74 Å². The Hall–Kier alpha value is -3.86. The number of aliphatic hydroxyl groups excluding tert-OH is 1. The molecule has 5 nitrogen and oxygen atoms in total. The highest BCUT2D eigenvalue weighted by atomic mass is 16.5. The van der Waals surface area contributed by atoms with Crippen molar-refractivity contribution in [3.63, 3.8) is 0 Å². The van der Waals surface area contributed by atoms with E-state index in [1.165, 1.54) is 0 Å². The Labute approximate surface area is 206 Å². The van der Waals surface area contributed by atoms with E-state index in [2.05, 4.69) is 0 Å². The molecule has 1 amide bonds. The van der Waals surface area contributed by atoms with Crippen LogP contribution in [0.4, 0.5) is 0 Å². The van der Waals surface area contributed by atoms with Gasteiger partial charge in [-0.15, -0.1) is 0 Å². The molecule has 1 unspecified atom stereocenters. The summed E-state index contributed by atoms with van der Waals surface area (Å²) in [6.07, 6.45) is 1.50. The molecule has 0 aliphatic carbocycles. The maximum atomic E-state index is 13.3. The molecule has 1 heterocycles. The predicted molar refractivity (Wildman–Crippen MR) is 137 cm³/mol. The van der Waals surface area contributed by atoms with Crippen molar-refractivity contribution >= 4 is 17.4 Å². The predicted octanol–water partition coefficient (Wildman–Crippen LogP) is 5.76. The number of likely N-dealkylation sites (tertiary alicyclic amines) is 1. The number of carbonyl (C=O) groups is 2. The summed E-state index contributed by atoms with van der Waals surface area (Å²) >= 11 is 0. The van der Waals surface area contributed by atoms with Crippen LogP contribution in [-0.4, -0.2) is 34.8 Å². The summed E-state index contributed by atoms with van der Waals surface area (Å²) in [5.74, 6) is -0.661. The smallest absolute Gasteiger partial charge is 0.295 e. The molecule has 1 atom stereocenters. The third kappa shape index (κ3) is 5.14. The van der Waals surface area contributed by atoms with Gasteiger partial charge in [-0.25, -0.2) is 0 Å². The summed E-state index contributed by atoms with van der Waals surface area (Å²) in [5.41, 5.74) is 4.33. The Morgan fingerprint density at radius 3 is 2.37 bits per heavy atom. The molecule has 0 spiro atoms. The first-order valence-corrected chi connectivity index (χ1v) is 12.0. The van der Waals surface area contributed by atoms with Crippen molar-refractivity contribution in [2.45, 2.75) is 39.7 Å². The molecule has 1 N–H and O–H groups in total. The van der Waals surface area contributed by atoms with Crippen molar-refractivity contribution in [1.82, 2.24) is 4.90 Å². The van der Waals surface area contributed by atoms with Gasteiger partial charge in [-0.05, 0) is 61.6 Å². The molecule has 35 heavy (non-hydrogen) atoms. The highest BCUT2D eigenvalue weighted by Gasteiger charge is 2.46. The van der Waals surface area contributed by atoms with Crippen LogP contribution in [0.25, 0.3) is 5.76 Å². The number of aryl methyl sites for hydroxylation is 2. The molecule has 5 heteroatoms. The van der Waals surface area contributed by atoms with Crippen LogP contribution in [0, 0.1) is 13.8 Å². The van der Waals surface area contributed by atoms with E-state index in [1.54, 1.807) is 4.90 Å². The Kier molecular flexibility index (Phi) is 7.35. The van der Waals surface area contributed by atoms with Gasteiger partial charge in [0.2, 0.25) is 0 Å². The minimum atomic E-state index is -0.682. The minimum Gasteiger partial charge on any atom is -0.507 e. The molecule has 4 rings (SSSR count). The van der Waals surface area contributed by atoms with Crippen LogP contribution >= 0.6 is 0 Å². The Balaban J connectivity index is 1.78. The first-order chi connectivity index (χ1) is 16.9. The number of carbonyl (C=O) groups excluding carboxylic acids is 2. The zero-order valence-electron chi connectivity index (χ0n) is 20.5. The van der Waals surface area contributed by atoms with Crippen LogP contribution < -0.4 is 4.74 Å². The Bertz CT molecular complexity index is 1250. The fraction of sp³-hybridized carbons (Fsp3) is 0.267. The molecular formula is C30H31NO4. The lowest BCUT2D eigenvalue weighted by molar-refractivity contribution is -0.139. The van der Waals surface area contributed by atoms with Gasteiger partial charge < -0.3 is 14.7 Å². The highest BCUT2D eigenvalue weighted by molar-refractivity contribution is 6.46. The van der Waals surface area contributed by atoms with Crippen LogP contribution in [0.2, 0.25) is 0 Å². The molecule has 0 aromatic heterocycles. The van der Waals surface area contributed by atoms with Crippen molar-refractivity contribution in [2.24, 2.45) is 0 Å². The van der Waals surface area contributed by atoms with Crippen LogP contribution in [0.15, 0.2) is 78.4 Å². The molecule has 1 fully saturated rings. The molecule has 1 aliphatic heterocycles. The lowest BCUT2D eigenvalue weighted by atomic mass is 9.93. The van der Waals surface area contributed by atoms with Crippen molar-refractivity contribution in [1.29, 1.82) is 0 Å². The number of amides is 1. The summed E-state index contributed by atoms with van der Waals surface area (Å²) in [4.78, 5) is 28.1. The number of rotatable bonds is 8. The molecule has 0 radical (unpaired) electrons. The fourth-order valence-electron chi connectivity index (χ4n) is 4.45. The van der Waals surface area contributed by atoms with Crippen LogP contribution in [-0.2, 0) is 16.0 Å². The number of aliphatic hydroxyl groups is 1. The van der Waals surface area contributed by atoms with E-state index >= 15 is 0 Å². The number of ether oxygens (including phenoxy) is 1. The van der Waals surface area contributed by atoms with Crippen LogP contribution in [0.1, 0.15) is 47.2 Å². The van der Waals surface area contributed by atoms with E-state index in [1.807, 2.05) is 93.6 Å². The van der Waals surface area contributed by atoms with E-state index in [0.29, 0.717) is 25.1 Å². The molecule has 3 aromatic rings. The topological polar surface area (TPSA) is 66.8 Å². The molecule has 1 saturated heterocycles. The van der Waals surface area contributed by atoms with Gasteiger partial charge in [0.25, 0.3) is 11.7 Å². The van der Waals surface area contributed by atoms with Crippen molar-refractivity contribution in [3.05, 3.63) is 106 Å². The SMILES string of the molecule is CCCOc1ccc(C2C(=C(O)c3cc(C)ccc3C)C(=O)C(=O)N2CCc2ccccc2)cc1. The fourth-order valence-corrected chi connectivity index (χ4v) is 4.45.